The molecule has 0 aliphatic heterocycles. The Hall–Kier alpha value is -3.19. The van der Waals surface area contributed by atoms with Gasteiger partial charge in [0.05, 0.1) is 31.1 Å². The molecule has 1 N–H and O–H groups in total. The van der Waals surface area contributed by atoms with Gasteiger partial charge in [-0.05, 0) is 61.7 Å². The van der Waals surface area contributed by atoms with Crippen LogP contribution in [0.1, 0.15) is 25.7 Å². The number of benzene rings is 1. The Kier molecular flexibility index (Phi) is 7.17. The van der Waals surface area contributed by atoms with Gasteiger partial charge in [-0.2, -0.15) is 5.10 Å². The minimum absolute atomic E-state index is 0.0268. The standard InChI is InChI=1S/C25H30N4O3/c1-31-21-10-8-18(9-11-21)23-16-24(20-6-4-12-26-17-20)29(28-23)14-13-27-25(30)19-5-3-7-22(15-19)32-2/h4,6,8-12,16-17,19,22H,3,5,7,13-15H2,1-2H3,(H,27,30)/t19-,22+/m0/s1. The van der Waals surface area contributed by atoms with Crippen molar-refractivity contribution in [2.45, 2.75) is 38.3 Å². The molecule has 1 aliphatic carbocycles. The van der Waals surface area contributed by atoms with Crippen LogP contribution in [0.4, 0.5) is 0 Å². The van der Waals surface area contributed by atoms with Gasteiger partial charge in [0.25, 0.3) is 0 Å². The maximum Gasteiger partial charge on any atom is 0.223 e. The predicted molar refractivity (Wildman–Crippen MR) is 123 cm³/mol. The Morgan fingerprint density at radius 1 is 1.16 bits per heavy atom. The van der Waals surface area contributed by atoms with Crippen LogP contribution in [0.3, 0.4) is 0 Å². The van der Waals surface area contributed by atoms with Crippen molar-refractivity contribution in [3.63, 3.8) is 0 Å². The van der Waals surface area contributed by atoms with Gasteiger partial charge >= 0.3 is 0 Å². The molecule has 1 aliphatic rings. The summed E-state index contributed by atoms with van der Waals surface area (Å²) in [5, 5.41) is 7.92. The average Bonchev–Trinajstić information content (AvgIpc) is 3.28. The van der Waals surface area contributed by atoms with Gasteiger partial charge in [-0.3, -0.25) is 14.5 Å². The molecule has 0 spiro atoms. The van der Waals surface area contributed by atoms with Crippen molar-refractivity contribution in [3.05, 3.63) is 54.9 Å². The molecule has 1 fully saturated rings. The summed E-state index contributed by atoms with van der Waals surface area (Å²) in [5.41, 5.74) is 3.83. The quantitative estimate of drug-likeness (QED) is 0.581. The van der Waals surface area contributed by atoms with E-state index < -0.39 is 0 Å². The fourth-order valence-electron chi connectivity index (χ4n) is 4.26. The minimum Gasteiger partial charge on any atom is -0.497 e. The molecule has 2 aromatic heterocycles. The van der Waals surface area contributed by atoms with Crippen LogP contribution in [0.5, 0.6) is 5.75 Å². The third kappa shape index (κ3) is 5.16. The van der Waals surface area contributed by atoms with Crippen LogP contribution in [-0.2, 0) is 16.1 Å². The van der Waals surface area contributed by atoms with Crippen molar-refractivity contribution in [2.75, 3.05) is 20.8 Å². The van der Waals surface area contributed by atoms with Crippen LogP contribution in [0.2, 0.25) is 0 Å². The van der Waals surface area contributed by atoms with Gasteiger partial charge in [0.15, 0.2) is 0 Å². The second kappa shape index (κ2) is 10.4. The molecule has 7 nitrogen and oxygen atoms in total. The number of aromatic nitrogens is 3. The molecule has 7 heteroatoms. The Bertz CT molecular complexity index is 1020. The molecule has 0 unspecified atom stereocenters. The number of amides is 1. The van der Waals surface area contributed by atoms with Gasteiger partial charge < -0.3 is 14.8 Å². The van der Waals surface area contributed by atoms with E-state index in [4.69, 9.17) is 14.6 Å². The van der Waals surface area contributed by atoms with E-state index in [9.17, 15) is 4.79 Å². The number of rotatable bonds is 8. The molecule has 2 atom stereocenters. The molecule has 32 heavy (non-hydrogen) atoms. The normalized spacial score (nSPS) is 18.3. The van der Waals surface area contributed by atoms with Gasteiger partial charge in [0.2, 0.25) is 5.91 Å². The van der Waals surface area contributed by atoms with E-state index in [2.05, 4.69) is 16.4 Å². The summed E-state index contributed by atoms with van der Waals surface area (Å²) in [4.78, 5) is 16.9. The molecular formula is C25H30N4O3. The summed E-state index contributed by atoms with van der Waals surface area (Å²) < 4.78 is 12.7. The van der Waals surface area contributed by atoms with Crippen LogP contribution in [-0.4, -0.2) is 47.5 Å². The van der Waals surface area contributed by atoms with E-state index >= 15 is 0 Å². The van der Waals surface area contributed by atoms with Gasteiger partial charge in [0.1, 0.15) is 5.75 Å². The summed E-state index contributed by atoms with van der Waals surface area (Å²) in [6, 6.07) is 13.8. The van der Waals surface area contributed by atoms with E-state index in [1.165, 1.54) is 0 Å². The van der Waals surface area contributed by atoms with Crippen LogP contribution in [0.25, 0.3) is 22.5 Å². The molecule has 2 heterocycles. The second-order valence-corrected chi connectivity index (χ2v) is 8.12. The molecule has 0 saturated heterocycles. The number of pyridine rings is 1. The number of nitrogens with zero attached hydrogens (tertiary/aromatic N) is 3. The lowest BCUT2D eigenvalue weighted by Crippen LogP contribution is -2.37. The van der Waals surface area contributed by atoms with Gasteiger partial charge in [-0.1, -0.05) is 6.42 Å². The fraction of sp³-hybridized carbons (Fsp3) is 0.400. The lowest BCUT2D eigenvalue weighted by Gasteiger charge is -2.27. The van der Waals surface area contributed by atoms with Crippen LogP contribution in [0.15, 0.2) is 54.9 Å². The predicted octanol–water partition coefficient (Wildman–Crippen LogP) is 3.94. The minimum atomic E-state index is 0.0268. The number of carbonyl (C=O) groups excluding carboxylic acids is 1. The molecule has 0 radical (unpaired) electrons. The topological polar surface area (TPSA) is 78.3 Å². The average molecular weight is 435 g/mol. The maximum absolute atomic E-state index is 12.7. The Morgan fingerprint density at radius 3 is 2.72 bits per heavy atom. The number of methoxy groups -OCH3 is 2. The van der Waals surface area contributed by atoms with Crippen LogP contribution in [0, 0.1) is 5.92 Å². The van der Waals surface area contributed by atoms with Crippen LogP contribution < -0.4 is 10.1 Å². The van der Waals surface area contributed by atoms with E-state index in [1.807, 2.05) is 47.3 Å². The largest absolute Gasteiger partial charge is 0.497 e. The number of nitrogens with one attached hydrogen (secondary N) is 1. The summed E-state index contributed by atoms with van der Waals surface area (Å²) in [7, 11) is 3.38. The zero-order valence-corrected chi connectivity index (χ0v) is 18.7. The summed E-state index contributed by atoms with van der Waals surface area (Å²) in [5.74, 6) is 0.943. The van der Waals surface area contributed by atoms with Crippen molar-refractivity contribution >= 4 is 5.91 Å². The zero-order valence-electron chi connectivity index (χ0n) is 18.7. The highest BCUT2D eigenvalue weighted by Gasteiger charge is 2.27. The van der Waals surface area contributed by atoms with E-state index in [1.54, 1.807) is 20.4 Å². The first-order valence-corrected chi connectivity index (χ1v) is 11.1. The molecule has 3 aromatic rings. The first kappa shape index (κ1) is 22.0. The smallest absolute Gasteiger partial charge is 0.223 e. The molecule has 1 aromatic carbocycles. The third-order valence-electron chi connectivity index (χ3n) is 6.08. The summed E-state index contributed by atoms with van der Waals surface area (Å²) in [6.45, 7) is 1.09. The highest BCUT2D eigenvalue weighted by Crippen LogP contribution is 2.28. The van der Waals surface area contributed by atoms with Crippen molar-refractivity contribution in [2.24, 2.45) is 5.92 Å². The molecule has 4 rings (SSSR count). The van der Waals surface area contributed by atoms with Gasteiger partial charge in [0, 0.05) is 43.1 Å². The lowest BCUT2D eigenvalue weighted by atomic mass is 9.86. The molecule has 1 saturated carbocycles. The fourth-order valence-corrected chi connectivity index (χ4v) is 4.26. The summed E-state index contributed by atoms with van der Waals surface area (Å²) in [6.07, 6.45) is 7.57. The molecule has 168 valence electrons. The van der Waals surface area contributed by atoms with E-state index in [0.29, 0.717) is 13.1 Å². The van der Waals surface area contributed by atoms with E-state index in [-0.39, 0.29) is 17.9 Å². The highest BCUT2D eigenvalue weighted by molar-refractivity contribution is 5.78. The Balaban J connectivity index is 1.48. The maximum atomic E-state index is 12.7. The van der Waals surface area contributed by atoms with Gasteiger partial charge in [-0.15, -0.1) is 0 Å². The SMILES string of the molecule is COc1ccc(-c2cc(-c3cccnc3)n(CCNC(=O)[C@H]3CCC[C@@H](OC)C3)n2)cc1. The first-order valence-electron chi connectivity index (χ1n) is 11.1. The molecule has 1 amide bonds. The highest BCUT2D eigenvalue weighted by atomic mass is 16.5. The zero-order chi connectivity index (χ0) is 22.3. The number of hydrogen-bond acceptors (Lipinski definition) is 5. The van der Waals surface area contributed by atoms with Crippen LogP contribution >= 0.6 is 0 Å². The number of ether oxygens (including phenoxy) is 2. The Morgan fingerprint density at radius 2 is 2.00 bits per heavy atom. The van der Waals surface area contributed by atoms with Gasteiger partial charge in [-0.25, -0.2) is 0 Å². The summed E-state index contributed by atoms with van der Waals surface area (Å²) >= 11 is 0. The molecule has 0 bridgehead atoms. The third-order valence-corrected chi connectivity index (χ3v) is 6.08. The monoisotopic (exact) mass is 434 g/mol. The van der Waals surface area contributed by atoms with Crippen molar-refractivity contribution in [1.82, 2.24) is 20.1 Å². The second-order valence-electron chi connectivity index (χ2n) is 8.12. The number of carbonyl (C=O) groups is 1. The first-order chi connectivity index (χ1) is 15.7. The molecular weight excluding hydrogens is 404 g/mol. The van der Waals surface area contributed by atoms with E-state index in [0.717, 1.165) is 53.9 Å². The Labute approximate surface area is 188 Å². The van der Waals surface area contributed by atoms with Crippen molar-refractivity contribution in [1.29, 1.82) is 0 Å². The number of hydrogen-bond donors (Lipinski definition) is 1. The lowest BCUT2D eigenvalue weighted by molar-refractivity contribution is -0.127. The van der Waals surface area contributed by atoms with Crippen molar-refractivity contribution < 1.29 is 14.3 Å². The van der Waals surface area contributed by atoms with Crippen molar-refractivity contribution in [3.8, 4) is 28.3 Å².